The monoisotopic (exact) mass is 545 g/mol. The molecular formula is C22H32IN3O5. The van der Waals surface area contributed by atoms with Crippen LogP contribution >= 0.6 is 24.0 Å². The zero-order valence-electron chi connectivity index (χ0n) is 18.7. The van der Waals surface area contributed by atoms with Crippen LogP contribution in [0.5, 0.6) is 28.7 Å². The highest BCUT2D eigenvalue weighted by atomic mass is 127. The van der Waals surface area contributed by atoms with E-state index < -0.39 is 0 Å². The summed E-state index contributed by atoms with van der Waals surface area (Å²) in [6.45, 7) is 1.88. The molecule has 0 fully saturated rings. The van der Waals surface area contributed by atoms with Gasteiger partial charge in [-0.15, -0.1) is 24.0 Å². The number of guanidine groups is 1. The Morgan fingerprint density at radius 3 is 1.97 bits per heavy atom. The van der Waals surface area contributed by atoms with Gasteiger partial charge in [0.25, 0.3) is 0 Å². The van der Waals surface area contributed by atoms with Crippen molar-refractivity contribution in [1.29, 1.82) is 0 Å². The van der Waals surface area contributed by atoms with Crippen molar-refractivity contribution in [3.63, 3.8) is 0 Å². The molecule has 0 heterocycles. The maximum Gasteiger partial charge on any atom is 0.203 e. The van der Waals surface area contributed by atoms with Crippen LogP contribution in [0.3, 0.4) is 0 Å². The van der Waals surface area contributed by atoms with E-state index in [1.165, 1.54) is 0 Å². The lowest BCUT2D eigenvalue weighted by molar-refractivity contribution is 0.310. The number of aliphatic imine (C=N–C) groups is 1. The highest BCUT2D eigenvalue weighted by Crippen LogP contribution is 2.38. The van der Waals surface area contributed by atoms with E-state index in [4.69, 9.17) is 23.7 Å². The third-order valence-corrected chi connectivity index (χ3v) is 4.35. The maximum atomic E-state index is 5.73. The second kappa shape index (κ2) is 14.4. The lowest BCUT2D eigenvalue weighted by Crippen LogP contribution is -2.37. The van der Waals surface area contributed by atoms with Crippen molar-refractivity contribution in [1.82, 2.24) is 10.6 Å². The van der Waals surface area contributed by atoms with Crippen molar-refractivity contribution in [2.75, 3.05) is 48.6 Å². The molecule has 0 unspecified atom stereocenters. The molecular weight excluding hydrogens is 513 g/mol. The lowest BCUT2D eigenvalue weighted by Gasteiger charge is -2.16. The Kier molecular flexibility index (Phi) is 12.3. The predicted molar refractivity (Wildman–Crippen MR) is 133 cm³/mol. The quantitative estimate of drug-likeness (QED) is 0.194. The third kappa shape index (κ3) is 8.23. The Balaban J connectivity index is 0.00000480. The fourth-order valence-corrected chi connectivity index (χ4v) is 2.78. The maximum absolute atomic E-state index is 5.73. The van der Waals surface area contributed by atoms with E-state index in [0.717, 1.165) is 30.0 Å². The molecule has 172 valence electrons. The highest BCUT2D eigenvalue weighted by molar-refractivity contribution is 14.0. The topological polar surface area (TPSA) is 82.6 Å². The van der Waals surface area contributed by atoms with Crippen molar-refractivity contribution < 1.29 is 23.7 Å². The number of hydrogen-bond donors (Lipinski definition) is 2. The van der Waals surface area contributed by atoms with Gasteiger partial charge in [0, 0.05) is 20.1 Å². The van der Waals surface area contributed by atoms with Crippen LogP contribution in [0.2, 0.25) is 0 Å². The number of rotatable bonds is 11. The number of hydrogen-bond acceptors (Lipinski definition) is 6. The van der Waals surface area contributed by atoms with Crippen LogP contribution in [0.4, 0.5) is 0 Å². The first-order valence-corrected chi connectivity index (χ1v) is 9.65. The molecule has 0 spiro atoms. The molecule has 0 aliphatic heterocycles. The van der Waals surface area contributed by atoms with Crippen molar-refractivity contribution in [2.45, 2.75) is 13.0 Å². The number of nitrogens with one attached hydrogen (secondary N) is 2. The smallest absolute Gasteiger partial charge is 0.203 e. The molecule has 31 heavy (non-hydrogen) atoms. The molecule has 0 bridgehead atoms. The second-order valence-electron chi connectivity index (χ2n) is 6.26. The van der Waals surface area contributed by atoms with Gasteiger partial charge in [0.15, 0.2) is 17.5 Å². The minimum atomic E-state index is 0. The summed E-state index contributed by atoms with van der Waals surface area (Å²) in [4.78, 5) is 4.25. The Bertz CT molecular complexity index is 790. The number of halogens is 1. The first-order chi connectivity index (χ1) is 14.6. The van der Waals surface area contributed by atoms with Crippen LogP contribution in [0.25, 0.3) is 0 Å². The van der Waals surface area contributed by atoms with Gasteiger partial charge < -0.3 is 34.3 Å². The van der Waals surface area contributed by atoms with Crippen molar-refractivity contribution in [3.8, 4) is 28.7 Å². The molecule has 0 atom stereocenters. The normalized spacial score (nSPS) is 10.5. The Hall–Kier alpha value is -2.56. The molecule has 0 saturated carbocycles. The van der Waals surface area contributed by atoms with Crippen molar-refractivity contribution >= 4 is 29.9 Å². The standard InChI is InChI=1S/C22H31N3O5.HI/c1-23-22(24-11-6-12-30-18-9-7-17(26-2)8-10-18)25-15-16-13-19(27-3)21(29-5)20(14-16)28-4;/h7-10,13-14H,6,11-12,15H2,1-5H3,(H2,23,24,25);1H. The summed E-state index contributed by atoms with van der Waals surface area (Å²) in [5.41, 5.74) is 0.982. The van der Waals surface area contributed by atoms with Gasteiger partial charge in [-0.25, -0.2) is 0 Å². The number of benzene rings is 2. The minimum Gasteiger partial charge on any atom is -0.497 e. The van der Waals surface area contributed by atoms with Gasteiger partial charge in [-0.05, 0) is 48.4 Å². The molecule has 2 aromatic carbocycles. The fraction of sp³-hybridized carbons (Fsp3) is 0.409. The number of nitrogens with zero attached hydrogens (tertiary/aromatic N) is 1. The molecule has 0 aliphatic carbocycles. The molecule has 8 nitrogen and oxygen atoms in total. The minimum absolute atomic E-state index is 0. The van der Waals surface area contributed by atoms with Crippen LogP contribution in [0, 0.1) is 0 Å². The van der Waals surface area contributed by atoms with Crippen LogP contribution in [0.15, 0.2) is 41.4 Å². The fourth-order valence-electron chi connectivity index (χ4n) is 2.78. The third-order valence-electron chi connectivity index (χ3n) is 4.35. The zero-order chi connectivity index (χ0) is 21.8. The molecule has 0 amide bonds. The average molecular weight is 545 g/mol. The summed E-state index contributed by atoms with van der Waals surface area (Å²) >= 11 is 0. The van der Waals surface area contributed by atoms with Crippen molar-refractivity contribution in [3.05, 3.63) is 42.0 Å². The summed E-state index contributed by atoms with van der Waals surface area (Å²) in [7, 11) is 8.16. The Labute approximate surface area is 201 Å². The van der Waals surface area contributed by atoms with E-state index in [9.17, 15) is 0 Å². The Morgan fingerprint density at radius 2 is 1.45 bits per heavy atom. The largest absolute Gasteiger partial charge is 0.497 e. The van der Waals surface area contributed by atoms with Gasteiger partial charge in [-0.2, -0.15) is 0 Å². The second-order valence-corrected chi connectivity index (χ2v) is 6.26. The summed E-state index contributed by atoms with van der Waals surface area (Å²) in [5.74, 6) is 4.14. The summed E-state index contributed by atoms with van der Waals surface area (Å²) < 4.78 is 27.0. The first kappa shape index (κ1) is 26.5. The molecule has 2 rings (SSSR count). The van der Waals surface area contributed by atoms with Gasteiger partial charge in [-0.3, -0.25) is 4.99 Å². The molecule has 0 radical (unpaired) electrons. The van der Waals surface area contributed by atoms with Gasteiger partial charge in [-0.1, -0.05) is 0 Å². The molecule has 2 N–H and O–H groups in total. The van der Waals surface area contributed by atoms with E-state index in [-0.39, 0.29) is 24.0 Å². The highest BCUT2D eigenvalue weighted by Gasteiger charge is 2.13. The van der Waals surface area contributed by atoms with E-state index in [2.05, 4.69) is 15.6 Å². The molecule has 2 aromatic rings. The van der Waals surface area contributed by atoms with Gasteiger partial charge >= 0.3 is 0 Å². The average Bonchev–Trinajstić information content (AvgIpc) is 2.80. The van der Waals surface area contributed by atoms with Crippen LogP contribution in [-0.2, 0) is 6.54 Å². The summed E-state index contributed by atoms with van der Waals surface area (Å²) in [6, 6.07) is 11.4. The van der Waals surface area contributed by atoms with E-state index >= 15 is 0 Å². The van der Waals surface area contributed by atoms with Crippen LogP contribution in [0.1, 0.15) is 12.0 Å². The first-order valence-electron chi connectivity index (χ1n) is 9.65. The number of ether oxygens (including phenoxy) is 5. The van der Waals surface area contributed by atoms with E-state index in [1.54, 1.807) is 35.5 Å². The van der Waals surface area contributed by atoms with Gasteiger partial charge in [0.2, 0.25) is 5.75 Å². The van der Waals surface area contributed by atoms with E-state index in [1.807, 2.05) is 36.4 Å². The number of methoxy groups -OCH3 is 4. The molecule has 9 heteroatoms. The van der Waals surface area contributed by atoms with E-state index in [0.29, 0.717) is 36.4 Å². The summed E-state index contributed by atoms with van der Waals surface area (Å²) in [5, 5.41) is 6.55. The van der Waals surface area contributed by atoms with Gasteiger partial charge in [0.05, 0.1) is 35.0 Å². The summed E-state index contributed by atoms with van der Waals surface area (Å²) in [6.07, 6.45) is 0.830. The molecule has 0 aromatic heterocycles. The zero-order valence-corrected chi connectivity index (χ0v) is 21.0. The predicted octanol–water partition coefficient (Wildman–Crippen LogP) is 3.47. The lowest BCUT2D eigenvalue weighted by atomic mass is 10.2. The van der Waals surface area contributed by atoms with Crippen molar-refractivity contribution in [2.24, 2.45) is 4.99 Å². The van der Waals surface area contributed by atoms with Crippen LogP contribution in [-0.4, -0.2) is 54.6 Å². The van der Waals surface area contributed by atoms with Gasteiger partial charge in [0.1, 0.15) is 11.5 Å². The molecule has 0 aliphatic rings. The SMILES string of the molecule is CN=C(NCCCOc1ccc(OC)cc1)NCc1cc(OC)c(OC)c(OC)c1.I. The van der Waals surface area contributed by atoms with Crippen LogP contribution < -0.4 is 34.3 Å². The molecule has 0 saturated heterocycles. The Morgan fingerprint density at radius 1 is 0.839 bits per heavy atom.